The van der Waals surface area contributed by atoms with E-state index in [0.717, 1.165) is 0 Å². The summed E-state index contributed by atoms with van der Waals surface area (Å²) in [6, 6.07) is 0. The Bertz CT molecular complexity index is 67.2. The average molecular weight is 326 g/mol. The summed E-state index contributed by atoms with van der Waals surface area (Å²) in [4.78, 5) is 2.57. The first-order valence-corrected chi connectivity index (χ1v) is 4.16. The molecule has 1 heterocycles. The predicted molar refractivity (Wildman–Crippen MR) is 47.0 cm³/mol. The normalized spacial score (nSPS) is 18.3. The minimum atomic E-state index is 0. The maximum absolute atomic E-state index is 2.57. The number of nitrogens with zero attached hydrogens (tertiary/aromatic N) is 1. The largest absolute Gasteiger partial charge is 0.358 e. The molecule has 2 heteroatoms. The maximum Gasteiger partial charge on any atom is 0 e. The van der Waals surface area contributed by atoms with E-state index < -0.39 is 0 Å². The van der Waals surface area contributed by atoms with Gasteiger partial charge >= 0.3 is 0 Å². The topological polar surface area (TPSA) is 3.24 Å². The van der Waals surface area contributed by atoms with Gasteiger partial charge in [0.05, 0.1) is 0 Å². The number of hydrogen-bond acceptors (Lipinski definition) is 1. The van der Waals surface area contributed by atoms with E-state index in [-0.39, 0.29) is 28.5 Å². The molecule has 0 aromatic carbocycles. The molecule has 1 aliphatic rings. The van der Waals surface area contributed by atoms with Crippen LogP contribution in [0.1, 0.15) is 32.6 Å². The van der Waals surface area contributed by atoms with Crippen molar-refractivity contribution in [1.82, 2.24) is 4.90 Å². The molecule has 0 aromatic heterocycles. The summed E-state index contributed by atoms with van der Waals surface area (Å²) >= 11 is 0. The zero-order valence-corrected chi connectivity index (χ0v) is 10.7. The van der Waals surface area contributed by atoms with Crippen LogP contribution in [0, 0.1) is 7.43 Å². The monoisotopic (exact) mass is 326 g/mol. The molecular weight excluding hydrogens is 306 g/mol. The quantitative estimate of drug-likeness (QED) is 0.704. The van der Waals surface area contributed by atoms with E-state index in [9.17, 15) is 0 Å². The Morgan fingerprint density at radius 3 is 2.09 bits per heavy atom. The first-order chi connectivity index (χ1) is 4.43. The Labute approximate surface area is 85.8 Å². The second kappa shape index (κ2) is 8.74. The molecule has 1 nitrogen and oxygen atoms in total. The van der Waals surface area contributed by atoms with Crippen LogP contribution in [0.2, 0.25) is 0 Å². The van der Waals surface area contributed by atoms with Gasteiger partial charge in [-0.05, 0) is 38.9 Å². The smallest absolute Gasteiger partial charge is 0 e. The molecule has 1 rings (SSSR count). The third kappa shape index (κ3) is 5.87. The molecular formula is C9H20NW-. The summed E-state index contributed by atoms with van der Waals surface area (Å²) in [6.07, 6.45) is 5.64. The summed E-state index contributed by atoms with van der Waals surface area (Å²) in [5, 5.41) is 0. The van der Waals surface area contributed by atoms with Gasteiger partial charge in [-0.1, -0.05) is 13.3 Å². The number of likely N-dealkylation sites (tertiary alicyclic amines) is 1. The van der Waals surface area contributed by atoms with Crippen molar-refractivity contribution in [2.45, 2.75) is 32.6 Å². The maximum atomic E-state index is 2.57. The van der Waals surface area contributed by atoms with Gasteiger partial charge in [-0.3, -0.25) is 0 Å². The minimum absolute atomic E-state index is 0. The van der Waals surface area contributed by atoms with Crippen molar-refractivity contribution in [2.24, 2.45) is 0 Å². The fourth-order valence-corrected chi connectivity index (χ4v) is 1.50. The fourth-order valence-electron chi connectivity index (χ4n) is 1.50. The van der Waals surface area contributed by atoms with Crippen molar-refractivity contribution in [3.63, 3.8) is 0 Å². The third-order valence-electron chi connectivity index (χ3n) is 1.99. The Kier molecular flexibility index (Phi) is 11.3. The van der Waals surface area contributed by atoms with Crippen LogP contribution in [-0.2, 0) is 21.1 Å². The molecule has 0 spiro atoms. The second-order valence-electron chi connectivity index (χ2n) is 2.90. The van der Waals surface area contributed by atoms with Crippen molar-refractivity contribution in [1.29, 1.82) is 0 Å². The van der Waals surface area contributed by atoms with Crippen LogP contribution in [0.15, 0.2) is 0 Å². The molecule has 0 atom stereocenters. The van der Waals surface area contributed by atoms with Gasteiger partial charge in [-0.25, -0.2) is 0 Å². The van der Waals surface area contributed by atoms with E-state index in [2.05, 4.69) is 11.8 Å². The molecule has 11 heavy (non-hydrogen) atoms. The van der Waals surface area contributed by atoms with Crippen LogP contribution in [0.5, 0.6) is 0 Å². The summed E-state index contributed by atoms with van der Waals surface area (Å²) in [5.74, 6) is 0. The summed E-state index contributed by atoms with van der Waals surface area (Å²) in [7, 11) is 0. The molecule has 1 aliphatic heterocycles. The summed E-state index contributed by atoms with van der Waals surface area (Å²) < 4.78 is 0. The van der Waals surface area contributed by atoms with Gasteiger partial charge < -0.3 is 12.3 Å². The van der Waals surface area contributed by atoms with Crippen molar-refractivity contribution >= 4 is 0 Å². The molecule has 0 N–H and O–H groups in total. The first kappa shape index (κ1) is 14.2. The predicted octanol–water partition coefficient (Wildman–Crippen LogP) is 2.33. The molecule has 0 aliphatic carbocycles. The van der Waals surface area contributed by atoms with Crippen molar-refractivity contribution in [2.75, 3.05) is 19.6 Å². The van der Waals surface area contributed by atoms with Crippen LogP contribution < -0.4 is 0 Å². The van der Waals surface area contributed by atoms with Gasteiger partial charge in [-0.15, -0.1) is 0 Å². The number of hydrogen-bond donors (Lipinski definition) is 0. The van der Waals surface area contributed by atoms with Crippen molar-refractivity contribution < 1.29 is 21.1 Å². The Morgan fingerprint density at radius 2 is 1.64 bits per heavy atom. The van der Waals surface area contributed by atoms with Gasteiger partial charge in [0.25, 0.3) is 0 Å². The van der Waals surface area contributed by atoms with Crippen molar-refractivity contribution in [3.8, 4) is 0 Å². The molecule has 1 fully saturated rings. The SMILES string of the molecule is CCCN1CCCCC1.[CH3-].[W]. The van der Waals surface area contributed by atoms with E-state index in [4.69, 9.17) is 0 Å². The van der Waals surface area contributed by atoms with E-state index in [1.165, 1.54) is 45.3 Å². The van der Waals surface area contributed by atoms with Gasteiger partial charge in [0.1, 0.15) is 0 Å². The van der Waals surface area contributed by atoms with Gasteiger partial charge in [-0.2, -0.15) is 0 Å². The van der Waals surface area contributed by atoms with E-state index in [1.807, 2.05) is 0 Å². The van der Waals surface area contributed by atoms with Crippen LogP contribution in [0.25, 0.3) is 0 Å². The summed E-state index contributed by atoms with van der Waals surface area (Å²) in [6.45, 7) is 6.29. The number of rotatable bonds is 2. The molecule has 0 saturated carbocycles. The molecule has 0 amide bonds. The molecule has 68 valence electrons. The van der Waals surface area contributed by atoms with Crippen molar-refractivity contribution in [3.05, 3.63) is 7.43 Å². The Morgan fingerprint density at radius 1 is 1.09 bits per heavy atom. The minimum Gasteiger partial charge on any atom is -0.358 e. The van der Waals surface area contributed by atoms with Crippen LogP contribution >= 0.6 is 0 Å². The first-order valence-electron chi connectivity index (χ1n) is 4.16. The van der Waals surface area contributed by atoms with E-state index in [0.29, 0.717) is 0 Å². The Hall–Kier alpha value is 0.648. The standard InChI is InChI=1S/C8H17N.CH3.W/c1-2-6-9-7-4-3-5-8-9;;/h2-8H2,1H3;1H3;/q;-1;. The second-order valence-corrected chi connectivity index (χ2v) is 2.90. The van der Waals surface area contributed by atoms with E-state index in [1.54, 1.807) is 0 Å². The third-order valence-corrected chi connectivity index (χ3v) is 1.99. The zero-order chi connectivity index (χ0) is 6.53. The fraction of sp³-hybridized carbons (Fsp3) is 0.889. The number of piperidine rings is 1. The van der Waals surface area contributed by atoms with E-state index >= 15 is 0 Å². The molecule has 0 bridgehead atoms. The summed E-state index contributed by atoms with van der Waals surface area (Å²) in [5.41, 5.74) is 0. The molecule has 1 saturated heterocycles. The molecule has 0 aromatic rings. The molecule has 0 radical (unpaired) electrons. The average Bonchev–Trinajstić information content (AvgIpc) is 1.91. The van der Waals surface area contributed by atoms with Gasteiger partial charge in [0.2, 0.25) is 0 Å². The van der Waals surface area contributed by atoms with Crippen LogP contribution in [-0.4, -0.2) is 24.5 Å². The van der Waals surface area contributed by atoms with Crippen LogP contribution in [0.4, 0.5) is 0 Å². The van der Waals surface area contributed by atoms with Gasteiger partial charge in [0.15, 0.2) is 0 Å². The Balaban J connectivity index is 0. The van der Waals surface area contributed by atoms with Gasteiger partial charge in [0, 0.05) is 21.1 Å². The molecule has 0 unspecified atom stereocenters. The zero-order valence-electron chi connectivity index (χ0n) is 7.81. The van der Waals surface area contributed by atoms with Crippen LogP contribution in [0.3, 0.4) is 0 Å².